The first-order chi connectivity index (χ1) is 7.93. The fourth-order valence-electron chi connectivity index (χ4n) is 1.69. The smallest absolute Gasteiger partial charge is 0.0474 e. The van der Waals surface area contributed by atoms with E-state index in [1.807, 2.05) is 0 Å². The summed E-state index contributed by atoms with van der Waals surface area (Å²) in [4.78, 5) is 0. The van der Waals surface area contributed by atoms with Gasteiger partial charge in [-0.2, -0.15) is 0 Å². The van der Waals surface area contributed by atoms with E-state index in [4.69, 9.17) is 4.74 Å². The van der Waals surface area contributed by atoms with Gasteiger partial charge in [-0.25, -0.2) is 0 Å². The lowest BCUT2D eigenvalue weighted by Gasteiger charge is -2.04. The lowest BCUT2D eigenvalue weighted by atomic mass is 10.1. The molecule has 90 valence electrons. The summed E-state index contributed by atoms with van der Waals surface area (Å²) in [5.41, 5.74) is 1.45. The van der Waals surface area contributed by atoms with Crippen LogP contribution >= 0.6 is 0 Å². The summed E-state index contributed by atoms with van der Waals surface area (Å²) in [5.74, 6) is 0. The molecule has 0 bridgehead atoms. The maximum atomic E-state index is 4.99. The number of hydrogen-bond acceptors (Lipinski definition) is 2. The van der Waals surface area contributed by atoms with Crippen LogP contribution < -0.4 is 5.32 Å². The molecule has 2 heteroatoms. The minimum atomic E-state index is 0.858. The van der Waals surface area contributed by atoms with Gasteiger partial charge in [-0.15, -0.1) is 0 Å². The Labute approximate surface area is 99.0 Å². The molecule has 0 saturated heterocycles. The molecule has 0 fully saturated rings. The van der Waals surface area contributed by atoms with Gasteiger partial charge in [0.05, 0.1) is 0 Å². The standard InChI is InChI=1S/C14H23NO/c1-16-13-7-12-15-11-6-5-10-14-8-3-2-4-9-14/h2-4,8-9,15H,5-7,10-13H2,1H3. The van der Waals surface area contributed by atoms with Crippen molar-refractivity contribution in [1.82, 2.24) is 5.32 Å². The molecule has 0 aliphatic carbocycles. The van der Waals surface area contributed by atoms with E-state index in [1.165, 1.54) is 24.8 Å². The lowest BCUT2D eigenvalue weighted by Crippen LogP contribution is -2.18. The minimum absolute atomic E-state index is 0.858. The molecule has 0 amide bonds. The van der Waals surface area contributed by atoms with E-state index in [1.54, 1.807) is 7.11 Å². The number of rotatable bonds is 9. The number of methoxy groups -OCH3 is 1. The molecule has 0 heterocycles. The molecular formula is C14H23NO. The van der Waals surface area contributed by atoms with Crippen LogP contribution in [0.1, 0.15) is 24.8 Å². The average Bonchev–Trinajstić information content (AvgIpc) is 2.34. The van der Waals surface area contributed by atoms with Crippen molar-refractivity contribution in [2.75, 3.05) is 26.8 Å². The third-order valence-corrected chi connectivity index (χ3v) is 2.61. The summed E-state index contributed by atoms with van der Waals surface area (Å²) in [7, 11) is 1.75. The van der Waals surface area contributed by atoms with Crippen LogP contribution in [0.25, 0.3) is 0 Å². The molecule has 0 atom stereocenters. The number of aryl methyl sites for hydroxylation is 1. The van der Waals surface area contributed by atoms with Crippen molar-refractivity contribution in [2.45, 2.75) is 25.7 Å². The van der Waals surface area contributed by atoms with E-state index in [0.717, 1.165) is 26.1 Å². The Bertz CT molecular complexity index is 248. The number of nitrogens with one attached hydrogen (secondary N) is 1. The highest BCUT2D eigenvalue weighted by Gasteiger charge is 1.92. The predicted octanol–water partition coefficient (Wildman–Crippen LogP) is 2.64. The zero-order valence-electron chi connectivity index (χ0n) is 10.2. The quantitative estimate of drug-likeness (QED) is 0.647. The number of hydrogen-bond donors (Lipinski definition) is 1. The van der Waals surface area contributed by atoms with E-state index >= 15 is 0 Å². The second-order valence-electron chi connectivity index (χ2n) is 4.04. The first kappa shape index (κ1) is 13.2. The molecule has 0 unspecified atom stereocenters. The first-order valence-electron chi connectivity index (χ1n) is 6.17. The van der Waals surface area contributed by atoms with Crippen molar-refractivity contribution in [1.29, 1.82) is 0 Å². The summed E-state index contributed by atoms with van der Waals surface area (Å²) < 4.78 is 4.99. The molecule has 0 saturated carbocycles. The molecule has 16 heavy (non-hydrogen) atoms. The Morgan fingerprint density at radius 1 is 1.00 bits per heavy atom. The lowest BCUT2D eigenvalue weighted by molar-refractivity contribution is 0.194. The van der Waals surface area contributed by atoms with E-state index in [0.29, 0.717) is 0 Å². The van der Waals surface area contributed by atoms with Crippen LogP contribution in [0.5, 0.6) is 0 Å². The Hall–Kier alpha value is -0.860. The SMILES string of the molecule is COCCCNCCCCc1ccccc1. The summed E-state index contributed by atoms with van der Waals surface area (Å²) >= 11 is 0. The van der Waals surface area contributed by atoms with Crippen LogP contribution in [-0.2, 0) is 11.2 Å². The zero-order chi connectivity index (χ0) is 11.5. The number of ether oxygens (including phenoxy) is 1. The molecule has 1 aromatic rings. The largest absolute Gasteiger partial charge is 0.385 e. The predicted molar refractivity (Wildman–Crippen MR) is 68.7 cm³/mol. The van der Waals surface area contributed by atoms with Crippen molar-refractivity contribution in [3.63, 3.8) is 0 Å². The molecule has 0 aliphatic heterocycles. The number of unbranched alkanes of at least 4 members (excludes halogenated alkanes) is 1. The van der Waals surface area contributed by atoms with Gasteiger partial charge in [0.1, 0.15) is 0 Å². The molecule has 0 aliphatic rings. The first-order valence-corrected chi connectivity index (χ1v) is 6.17. The molecule has 0 spiro atoms. The number of benzene rings is 1. The zero-order valence-corrected chi connectivity index (χ0v) is 10.2. The van der Waals surface area contributed by atoms with Gasteiger partial charge >= 0.3 is 0 Å². The fourth-order valence-corrected chi connectivity index (χ4v) is 1.69. The van der Waals surface area contributed by atoms with Crippen LogP contribution in [0.2, 0.25) is 0 Å². The second kappa shape index (κ2) is 9.37. The average molecular weight is 221 g/mol. The van der Waals surface area contributed by atoms with Crippen molar-refractivity contribution < 1.29 is 4.74 Å². The van der Waals surface area contributed by atoms with Gasteiger partial charge in [-0.1, -0.05) is 30.3 Å². The fraction of sp³-hybridized carbons (Fsp3) is 0.571. The highest BCUT2D eigenvalue weighted by atomic mass is 16.5. The maximum absolute atomic E-state index is 4.99. The van der Waals surface area contributed by atoms with Gasteiger partial charge in [0.15, 0.2) is 0 Å². The molecule has 0 radical (unpaired) electrons. The Morgan fingerprint density at radius 2 is 1.75 bits per heavy atom. The van der Waals surface area contributed by atoms with Gasteiger partial charge in [0.2, 0.25) is 0 Å². The molecule has 0 aromatic heterocycles. The van der Waals surface area contributed by atoms with Gasteiger partial charge in [0, 0.05) is 13.7 Å². The monoisotopic (exact) mass is 221 g/mol. The summed E-state index contributed by atoms with van der Waals surface area (Å²) in [5, 5.41) is 3.43. The summed E-state index contributed by atoms with van der Waals surface area (Å²) in [6.45, 7) is 3.05. The third kappa shape index (κ3) is 6.59. The Balaban J connectivity index is 1.89. The van der Waals surface area contributed by atoms with Crippen molar-refractivity contribution >= 4 is 0 Å². The second-order valence-corrected chi connectivity index (χ2v) is 4.04. The topological polar surface area (TPSA) is 21.3 Å². The van der Waals surface area contributed by atoms with Gasteiger partial charge in [-0.3, -0.25) is 0 Å². The molecule has 1 aromatic carbocycles. The van der Waals surface area contributed by atoms with Crippen LogP contribution in [0.15, 0.2) is 30.3 Å². The van der Waals surface area contributed by atoms with Crippen LogP contribution in [0, 0.1) is 0 Å². The van der Waals surface area contributed by atoms with E-state index in [9.17, 15) is 0 Å². The Kier molecular flexibility index (Phi) is 7.74. The highest BCUT2D eigenvalue weighted by molar-refractivity contribution is 5.14. The molecule has 1 rings (SSSR count). The van der Waals surface area contributed by atoms with Crippen molar-refractivity contribution in [2.24, 2.45) is 0 Å². The highest BCUT2D eigenvalue weighted by Crippen LogP contribution is 2.03. The van der Waals surface area contributed by atoms with Crippen LogP contribution in [0.3, 0.4) is 0 Å². The Morgan fingerprint density at radius 3 is 2.50 bits per heavy atom. The maximum Gasteiger partial charge on any atom is 0.0474 e. The normalized spacial score (nSPS) is 10.6. The molecular weight excluding hydrogens is 198 g/mol. The molecule has 2 nitrogen and oxygen atoms in total. The van der Waals surface area contributed by atoms with Gasteiger partial charge in [-0.05, 0) is 44.3 Å². The van der Waals surface area contributed by atoms with Crippen LogP contribution in [0.4, 0.5) is 0 Å². The van der Waals surface area contributed by atoms with Crippen molar-refractivity contribution in [3.05, 3.63) is 35.9 Å². The minimum Gasteiger partial charge on any atom is -0.385 e. The molecule has 1 N–H and O–H groups in total. The van der Waals surface area contributed by atoms with Crippen molar-refractivity contribution in [3.8, 4) is 0 Å². The summed E-state index contributed by atoms with van der Waals surface area (Å²) in [6.07, 6.45) is 4.82. The van der Waals surface area contributed by atoms with Gasteiger partial charge < -0.3 is 10.1 Å². The third-order valence-electron chi connectivity index (χ3n) is 2.61. The van der Waals surface area contributed by atoms with E-state index in [2.05, 4.69) is 35.6 Å². The van der Waals surface area contributed by atoms with E-state index in [-0.39, 0.29) is 0 Å². The van der Waals surface area contributed by atoms with Gasteiger partial charge in [0.25, 0.3) is 0 Å². The van der Waals surface area contributed by atoms with E-state index < -0.39 is 0 Å². The van der Waals surface area contributed by atoms with Crippen LogP contribution in [-0.4, -0.2) is 26.8 Å². The summed E-state index contributed by atoms with van der Waals surface area (Å²) in [6, 6.07) is 10.7.